The summed E-state index contributed by atoms with van der Waals surface area (Å²) in [6, 6.07) is 6.10. The van der Waals surface area contributed by atoms with E-state index in [1.54, 1.807) is 17.0 Å². The number of nitrogens with one attached hydrogen (secondary N) is 2. The predicted molar refractivity (Wildman–Crippen MR) is 102 cm³/mol. The third-order valence-corrected chi connectivity index (χ3v) is 5.53. The number of nitrogens with zero attached hydrogens (tertiary/aromatic N) is 1. The summed E-state index contributed by atoms with van der Waals surface area (Å²) in [6.07, 6.45) is 2.86. The predicted octanol–water partition coefficient (Wildman–Crippen LogP) is 1.79. The van der Waals surface area contributed by atoms with Gasteiger partial charge in [0.05, 0.1) is 4.90 Å². The molecule has 0 aliphatic carbocycles. The number of hydrogen-bond acceptors (Lipinski definition) is 4. The highest BCUT2D eigenvalue weighted by Gasteiger charge is 2.17. The van der Waals surface area contributed by atoms with E-state index in [0.29, 0.717) is 25.2 Å². The summed E-state index contributed by atoms with van der Waals surface area (Å²) >= 11 is 0. The van der Waals surface area contributed by atoms with Crippen LogP contribution in [-0.4, -0.2) is 51.9 Å². The summed E-state index contributed by atoms with van der Waals surface area (Å²) in [6.45, 7) is 7.06. The van der Waals surface area contributed by atoms with E-state index in [2.05, 4.69) is 10.0 Å². The van der Waals surface area contributed by atoms with E-state index in [9.17, 15) is 13.2 Å². The molecule has 0 bridgehead atoms. The summed E-state index contributed by atoms with van der Waals surface area (Å²) in [5, 5.41) is 3.19. The van der Waals surface area contributed by atoms with Crippen LogP contribution < -0.4 is 10.0 Å². The normalized spacial score (nSPS) is 14.4. The molecule has 0 aromatic heterocycles. The van der Waals surface area contributed by atoms with Crippen LogP contribution in [0.1, 0.15) is 30.6 Å². The van der Waals surface area contributed by atoms with Gasteiger partial charge in [-0.2, -0.15) is 0 Å². The second kappa shape index (κ2) is 9.91. The number of halogens is 1. The molecule has 1 aliphatic rings. The first-order chi connectivity index (χ1) is 11.5. The lowest BCUT2D eigenvalue weighted by Gasteiger charge is -2.18. The molecule has 25 heavy (non-hydrogen) atoms. The number of rotatable bonds is 7. The molecule has 0 unspecified atom stereocenters. The number of amides is 1. The van der Waals surface area contributed by atoms with Crippen molar-refractivity contribution in [2.45, 2.75) is 25.2 Å². The third kappa shape index (κ3) is 5.81. The highest BCUT2D eigenvalue weighted by atomic mass is 35.5. The Morgan fingerprint density at radius 2 is 1.84 bits per heavy atom. The van der Waals surface area contributed by atoms with Gasteiger partial charge in [-0.3, -0.25) is 4.79 Å². The first kappa shape index (κ1) is 21.6. The molecule has 0 spiro atoms. The van der Waals surface area contributed by atoms with Gasteiger partial charge in [0.2, 0.25) is 10.0 Å². The summed E-state index contributed by atoms with van der Waals surface area (Å²) < 4.78 is 27.3. The van der Waals surface area contributed by atoms with Crippen LogP contribution in [0.25, 0.3) is 0 Å². The van der Waals surface area contributed by atoms with Crippen LogP contribution in [0.15, 0.2) is 40.8 Å². The molecule has 1 aromatic carbocycles. The minimum atomic E-state index is -3.57. The number of carbonyl (C=O) groups is 1. The highest BCUT2D eigenvalue weighted by molar-refractivity contribution is 7.89. The van der Waals surface area contributed by atoms with Crippen LogP contribution in [0, 0.1) is 0 Å². The lowest BCUT2D eigenvalue weighted by molar-refractivity contribution is 0.0773. The number of hydrogen-bond donors (Lipinski definition) is 2. The Morgan fingerprint density at radius 3 is 2.36 bits per heavy atom. The van der Waals surface area contributed by atoms with Crippen molar-refractivity contribution in [3.05, 3.63) is 41.5 Å². The molecule has 140 valence electrons. The summed E-state index contributed by atoms with van der Waals surface area (Å²) in [7, 11) is -3.57. The number of benzene rings is 1. The molecule has 1 aliphatic heterocycles. The quantitative estimate of drug-likeness (QED) is 0.699. The van der Waals surface area contributed by atoms with Crippen molar-refractivity contribution in [2.75, 3.05) is 32.7 Å². The van der Waals surface area contributed by atoms with Gasteiger partial charge in [0.1, 0.15) is 0 Å². The average Bonchev–Trinajstić information content (AvgIpc) is 2.62. The van der Waals surface area contributed by atoms with Gasteiger partial charge in [-0.15, -0.1) is 12.4 Å². The van der Waals surface area contributed by atoms with E-state index in [0.717, 1.165) is 25.1 Å². The van der Waals surface area contributed by atoms with Crippen molar-refractivity contribution in [3.63, 3.8) is 0 Å². The van der Waals surface area contributed by atoms with Gasteiger partial charge in [-0.25, -0.2) is 13.1 Å². The molecule has 1 aromatic rings. The zero-order valence-corrected chi connectivity index (χ0v) is 16.3. The van der Waals surface area contributed by atoms with Crippen LogP contribution in [0.4, 0.5) is 0 Å². The molecule has 0 saturated heterocycles. The van der Waals surface area contributed by atoms with Gasteiger partial charge in [0.15, 0.2) is 0 Å². The Bertz CT molecular complexity index is 698. The zero-order valence-electron chi connectivity index (χ0n) is 14.6. The fourth-order valence-electron chi connectivity index (χ4n) is 2.57. The van der Waals surface area contributed by atoms with Crippen molar-refractivity contribution in [1.82, 2.24) is 14.9 Å². The van der Waals surface area contributed by atoms with Crippen molar-refractivity contribution in [3.8, 4) is 0 Å². The molecule has 0 radical (unpaired) electrons. The molecular weight excluding hydrogens is 362 g/mol. The number of sulfonamides is 1. The van der Waals surface area contributed by atoms with E-state index in [-0.39, 0.29) is 23.2 Å². The monoisotopic (exact) mass is 387 g/mol. The molecule has 6 nitrogen and oxygen atoms in total. The van der Waals surface area contributed by atoms with Gasteiger partial charge in [0.25, 0.3) is 5.91 Å². The van der Waals surface area contributed by atoms with Crippen LogP contribution >= 0.6 is 12.4 Å². The van der Waals surface area contributed by atoms with Crippen molar-refractivity contribution < 1.29 is 13.2 Å². The first-order valence-corrected chi connectivity index (χ1v) is 9.74. The highest BCUT2D eigenvalue weighted by Crippen LogP contribution is 2.13. The Balaban J connectivity index is 0.00000312. The summed E-state index contributed by atoms with van der Waals surface area (Å²) in [5.74, 6) is -0.0863. The Hall–Kier alpha value is -1.41. The van der Waals surface area contributed by atoms with Gasteiger partial charge < -0.3 is 10.2 Å². The zero-order chi connectivity index (χ0) is 17.6. The average molecular weight is 388 g/mol. The third-order valence-electron chi connectivity index (χ3n) is 4.11. The van der Waals surface area contributed by atoms with E-state index in [4.69, 9.17) is 0 Å². The molecule has 2 rings (SSSR count). The minimum absolute atomic E-state index is 0. The van der Waals surface area contributed by atoms with Crippen molar-refractivity contribution >= 4 is 28.3 Å². The second-order valence-corrected chi connectivity index (χ2v) is 7.41. The van der Waals surface area contributed by atoms with E-state index < -0.39 is 10.0 Å². The first-order valence-electron chi connectivity index (χ1n) is 8.25. The van der Waals surface area contributed by atoms with Crippen LogP contribution in [0.2, 0.25) is 0 Å². The Labute approximate surface area is 156 Å². The maximum absolute atomic E-state index is 12.4. The molecule has 2 N–H and O–H groups in total. The fourth-order valence-corrected chi connectivity index (χ4v) is 3.61. The Morgan fingerprint density at radius 1 is 1.20 bits per heavy atom. The van der Waals surface area contributed by atoms with Crippen LogP contribution in [-0.2, 0) is 10.0 Å². The summed E-state index contributed by atoms with van der Waals surface area (Å²) in [4.78, 5) is 14.1. The van der Waals surface area contributed by atoms with Gasteiger partial charge in [0, 0.05) is 31.7 Å². The van der Waals surface area contributed by atoms with E-state index in [1.165, 1.54) is 12.1 Å². The minimum Gasteiger partial charge on any atom is -0.339 e. The molecule has 0 fully saturated rings. The molecular formula is C17H26ClN3O3S. The lowest BCUT2D eigenvalue weighted by atomic mass is 10.1. The SMILES string of the molecule is CCN(CC)C(=O)c1ccc(S(=O)(=O)NCC2=CCNCC2)cc1.Cl. The van der Waals surface area contributed by atoms with Gasteiger partial charge in [-0.05, 0) is 51.1 Å². The van der Waals surface area contributed by atoms with Gasteiger partial charge >= 0.3 is 0 Å². The molecule has 0 saturated carbocycles. The maximum atomic E-state index is 12.4. The number of carbonyl (C=O) groups excluding carboxylic acids is 1. The van der Waals surface area contributed by atoms with Crippen LogP contribution in [0.5, 0.6) is 0 Å². The van der Waals surface area contributed by atoms with Gasteiger partial charge in [-0.1, -0.05) is 11.6 Å². The fraction of sp³-hybridized carbons (Fsp3) is 0.471. The largest absolute Gasteiger partial charge is 0.339 e. The topological polar surface area (TPSA) is 78.5 Å². The van der Waals surface area contributed by atoms with Crippen molar-refractivity contribution in [1.29, 1.82) is 0 Å². The standard InChI is InChI=1S/C17H25N3O3S.ClH/c1-3-20(4-2)17(21)15-5-7-16(8-6-15)24(22,23)19-13-14-9-11-18-12-10-14;/h5-9,18-19H,3-4,10-13H2,1-2H3;1H. The van der Waals surface area contributed by atoms with E-state index >= 15 is 0 Å². The molecule has 8 heteroatoms. The molecule has 0 atom stereocenters. The van der Waals surface area contributed by atoms with E-state index in [1.807, 2.05) is 19.9 Å². The Kier molecular flexibility index (Phi) is 8.58. The lowest BCUT2D eigenvalue weighted by Crippen LogP contribution is -2.31. The molecule has 1 amide bonds. The van der Waals surface area contributed by atoms with Crippen molar-refractivity contribution in [2.24, 2.45) is 0 Å². The molecule has 1 heterocycles. The second-order valence-electron chi connectivity index (χ2n) is 5.64. The smallest absolute Gasteiger partial charge is 0.253 e. The maximum Gasteiger partial charge on any atom is 0.253 e. The van der Waals surface area contributed by atoms with Crippen LogP contribution in [0.3, 0.4) is 0 Å². The summed E-state index contributed by atoms with van der Waals surface area (Å²) in [5.41, 5.74) is 1.59.